The van der Waals surface area contributed by atoms with E-state index in [1.165, 1.54) is 17.2 Å². The maximum absolute atomic E-state index is 4.79. The fraction of sp³-hybridized carbons (Fsp3) is 0.462. The van der Waals surface area contributed by atoms with Crippen LogP contribution >= 0.6 is 11.8 Å². The van der Waals surface area contributed by atoms with Gasteiger partial charge in [0.25, 0.3) is 0 Å². The van der Waals surface area contributed by atoms with Crippen LogP contribution in [0.25, 0.3) is 5.65 Å². The second-order valence-electron chi connectivity index (χ2n) is 4.44. The monoisotopic (exact) mass is 262 g/mol. The fourth-order valence-corrected chi connectivity index (χ4v) is 3.30. The van der Waals surface area contributed by atoms with E-state index < -0.39 is 0 Å². The Morgan fingerprint density at radius 3 is 2.94 bits per heavy atom. The van der Waals surface area contributed by atoms with Gasteiger partial charge in [0, 0.05) is 37.3 Å². The first-order valence-electron chi connectivity index (χ1n) is 6.33. The zero-order valence-corrected chi connectivity index (χ0v) is 11.4. The second kappa shape index (κ2) is 5.20. The molecule has 0 atom stereocenters. The molecule has 0 aromatic carbocycles. The molecule has 1 saturated heterocycles. The van der Waals surface area contributed by atoms with Gasteiger partial charge in [0.05, 0.1) is 5.69 Å². The molecule has 0 bridgehead atoms. The van der Waals surface area contributed by atoms with Crippen molar-refractivity contribution in [1.29, 1.82) is 0 Å². The number of nitrogens with zero attached hydrogens (tertiary/aromatic N) is 3. The molecule has 4 nitrogen and oxygen atoms in total. The first-order valence-corrected chi connectivity index (χ1v) is 7.49. The van der Waals surface area contributed by atoms with Crippen molar-refractivity contribution >= 4 is 23.2 Å². The van der Waals surface area contributed by atoms with Crippen molar-refractivity contribution in [3.63, 3.8) is 0 Å². The predicted molar refractivity (Wildman–Crippen MR) is 77.5 cm³/mol. The summed E-state index contributed by atoms with van der Waals surface area (Å²) in [5, 5.41) is 3.25. The average Bonchev–Trinajstić information content (AvgIpc) is 2.80. The number of thioether (sulfide) groups is 1. The molecule has 18 heavy (non-hydrogen) atoms. The van der Waals surface area contributed by atoms with Crippen LogP contribution < -0.4 is 10.2 Å². The number of pyridine rings is 1. The minimum atomic E-state index is 0.851. The van der Waals surface area contributed by atoms with Gasteiger partial charge in [-0.3, -0.25) is 0 Å². The number of hydrogen-bond donors (Lipinski definition) is 1. The molecule has 1 N–H and O–H groups in total. The third-order valence-electron chi connectivity index (χ3n) is 3.26. The van der Waals surface area contributed by atoms with Crippen molar-refractivity contribution in [3.8, 4) is 0 Å². The minimum Gasteiger partial charge on any atom is -0.353 e. The Balaban J connectivity index is 2.05. The summed E-state index contributed by atoms with van der Waals surface area (Å²) in [4.78, 5) is 7.21. The highest BCUT2D eigenvalue weighted by Crippen LogP contribution is 2.24. The molecule has 0 aliphatic carbocycles. The standard InChI is InChI=1S/C13H18N4S/c1-14-10-11-13(16-6-8-18-9-7-16)15-12-4-2-3-5-17(11)12/h2-5,14H,6-10H2,1H3. The summed E-state index contributed by atoms with van der Waals surface area (Å²) in [6, 6.07) is 6.17. The van der Waals surface area contributed by atoms with Crippen molar-refractivity contribution in [2.24, 2.45) is 0 Å². The Kier molecular flexibility index (Phi) is 3.43. The van der Waals surface area contributed by atoms with Crippen LogP contribution in [0.2, 0.25) is 0 Å². The highest BCUT2D eigenvalue weighted by atomic mass is 32.2. The molecule has 5 heteroatoms. The lowest BCUT2D eigenvalue weighted by atomic mass is 10.3. The van der Waals surface area contributed by atoms with Gasteiger partial charge in [-0.2, -0.15) is 11.8 Å². The van der Waals surface area contributed by atoms with Gasteiger partial charge in [0.15, 0.2) is 5.82 Å². The molecule has 3 heterocycles. The van der Waals surface area contributed by atoms with Crippen LogP contribution in [-0.4, -0.2) is 41.0 Å². The normalized spacial score (nSPS) is 16.4. The topological polar surface area (TPSA) is 32.6 Å². The summed E-state index contributed by atoms with van der Waals surface area (Å²) in [7, 11) is 1.98. The van der Waals surface area contributed by atoms with E-state index in [9.17, 15) is 0 Å². The molecule has 1 fully saturated rings. The lowest BCUT2D eigenvalue weighted by Crippen LogP contribution is -2.33. The van der Waals surface area contributed by atoms with Crippen molar-refractivity contribution in [3.05, 3.63) is 30.1 Å². The number of aromatic nitrogens is 2. The quantitative estimate of drug-likeness (QED) is 0.911. The number of anilines is 1. The summed E-state index contributed by atoms with van der Waals surface area (Å²) in [6.07, 6.45) is 2.09. The van der Waals surface area contributed by atoms with Crippen LogP contribution in [0.4, 0.5) is 5.82 Å². The first-order chi connectivity index (χ1) is 8.90. The van der Waals surface area contributed by atoms with E-state index in [1.807, 2.05) is 24.9 Å². The van der Waals surface area contributed by atoms with E-state index in [2.05, 4.69) is 32.9 Å². The SMILES string of the molecule is CNCc1c(N2CCSCC2)nc2ccccn12. The lowest BCUT2D eigenvalue weighted by Gasteiger charge is -2.27. The number of nitrogens with one attached hydrogen (secondary N) is 1. The summed E-state index contributed by atoms with van der Waals surface area (Å²) < 4.78 is 2.19. The van der Waals surface area contributed by atoms with Gasteiger partial charge >= 0.3 is 0 Å². The van der Waals surface area contributed by atoms with Crippen LogP contribution in [0.15, 0.2) is 24.4 Å². The average molecular weight is 262 g/mol. The highest BCUT2D eigenvalue weighted by molar-refractivity contribution is 7.99. The Morgan fingerprint density at radius 1 is 1.33 bits per heavy atom. The Labute approximate surface area is 111 Å². The van der Waals surface area contributed by atoms with E-state index in [1.54, 1.807) is 0 Å². The zero-order valence-electron chi connectivity index (χ0n) is 10.6. The van der Waals surface area contributed by atoms with Crippen LogP contribution in [0, 0.1) is 0 Å². The van der Waals surface area contributed by atoms with E-state index in [4.69, 9.17) is 4.98 Å². The molecule has 2 aromatic heterocycles. The highest BCUT2D eigenvalue weighted by Gasteiger charge is 2.19. The lowest BCUT2D eigenvalue weighted by molar-refractivity contribution is 0.763. The van der Waals surface area contributed by atoms with E-state index in [-0.39, 0.29) is 0 Å². The summed E-state index contributed by atoms with van der Waals surface area (Å²) in [5.41, 5.74) is 2.30. The van der Waals surface area contributed by atoms with E-state index in [0.29, 0.717) is 0 Å². The van der Waals surface area contributed by atoms with Crippen LogP contribution in [-0.2, 0) is 6.54 Å². The molecular weight excluding hydrogens is 244 g/mol. The molecule has 1 aliphatic heterocycles. The number of fused-ring (bicyclic) bond motifs is 1. The Morgan fingerprint density at radius 2 is 2.17 bits per heavy atom. The first kappa shape index (κ1) is 11.9. The minimum absolute atomic E-state index is 0.851. The smallest absolute Gasteiger partial charge is 0.152 e. The molecule has 0 unspecified atom stereocenters. The fourth-order valence-electron chi connectivity index (χ4n) is 2.39. The van der Waals surface area contributed by atoms with Crippen molar-refractivity contribution < 1.29 is 0 Å². The van der Waals surface area contributed by atoms with Gasteiger partial charge < -0.3 is 14.6 Å². The predicted octanol–water partition coefficient (Wildman–Crippen LogP) is 1.61. The van der Waals surface area contributed by atoms with Gasteiger partial charge in [0.2, 0.25) is 0 Å². The van der Waals surface area contributed by atoms with Crippen LogP contribution in [0.5, 0.6) is 0 Å². The zero-order chi connectivity index (χ0) is 12.4. The van der Waals surface area contributed by atoms with E-state index in [0.717, 1.165) is 31.1 Å². The van der Waals surface area contributed by atoms with Gasteiger partial charge in [-0.15, -0.1) is 0 Å². The molecule has 2 aromatic rings. The Bertz CT molecular complexity index is 531. The molecule has 0 saturated carbocycles. The molecule has 0 radical (unpaired) electrons. The molecule has 96 valence electrons. The van der Waals surface area contributed by atoms with Gasteiger partial charge in [-0.05, 0) is 19.2 Å². The maximum Gasteiger partial charge on any atom is 0.152 e. The molecule has 0 amide bonds. The second-order valence-corrected chi connectivity index (χ2v) is 5.67. The van der Waals surface area contributed by atoms with Gasteiger partial charge in [-0.25, -0.2) is 4.98 Å². The van der Waals surface area contributed by atoms with Crippen LogP contribution in [0.1, 0.15) is 5.69 Å². The number of hydrogen-bond acceptors (Lipinski definition) is 4. The summed E-state index contributed by atoms with van der Waals surface area (Å²) in [5.74, 6) is 3.55. The van der Waals surface area contributed by atoms with Crippen molar-refractivity contribution in [2.75, 3.05) is 36.5 Å². The number of rotatable bonds is 3. The van der Waals surface area contributed by atoms with Crippen LogP contribution in [0.3, 0.4) is 0 Å². The summed E-state index contributed by atoms with van der Waals surface area (Å²) in [6.45, 7) is 3.06. The number of imidazole rings is 1. The third kappa shape index (κ3) is 2.08. The largest absolute Gasteiger partial charge is 0.353 e. The molecular formula is C13H18N4S. The van der Waals surface area contributed by atoms with Gasteiger partial charge in [0.1, 0.15) is 5.65 Å². The maximum atomic E-state index is 4.79. The van der Waals surface area contributed by atoms with E-state index >= 15 is 0 Å². The Hall–Kier alpha value is -1.20. The van der Waals surface area contributed by atoms with Gasteiger partial charge in [-0.1, -0.05) is 6.07 Å². The van der Waals surface area contributed by atoms with Crippen molar-refractivity contribution in [2.45, 2.75) is 6.54 Å². The molecule has 0 spiro atoms. The van der Waals surface area contributed by atoms with Crippen molar-refractivity contribution in [1.82, 2.24) is 14.7 Å². The molecule has 3 rings (SSSR count). The summed E-state index contributed by atoms with van der Waals surface area (Å²) >= 11 is 2.03. The third-order valence-corrected chi connectivity index (χ3v) is 4.21. The molecule has 1 aliphatic rings.